The smallest absolute Gasteiger partial charge is 0.432 e. The predicted molar refractivity (Wildman–Crippen MR) is 105 cm³/mol. The molecule has 1 unspecified atom stereocenters. The van der Waals surface area contributed by atoms with Crippen LogP contribution in [-0.2, 0) is 20.4 Å². The summed E-state index contributed by atoms with van der Waals surface area (Å²) in [6.07, 6.45) is -5.58. The van der Waals surface area contributed by atoms with Crippen LogP contribution in [0.1, 0.15) is 24.5 Å². The molecule has 172 valence electrons. The summed E-state index contributed by atoms with van der Waals surface area (Å²) >= 11 is 0. The lowest BCUT2D eigenvalue weighted by Gasteiger charge is -2.11. The van der Waals surface area contributed by atoms with Gasteiger partial charge in [-0.3, -0.25) is 0 Å². The number of nitriles is 1. The highest BCUT2D eigenvalue weighted by molar-refractivity contribution is 5.70. The number of hydrogen-bond acceptors (Lipinski definition) is 9. The maximum Gasteiger partial charge on any atom is 0.510 e. The standard InChI is InChI=1S/C20H17F3N6O4/c1-12(33-19(30)32-9-8-31-2)29-27-15(11-24)17(28-29)13-4-3-5-14(10-13)18-25-7-6-16(26-18)20(21,22)23/h3-7,10,12H,8-9H2,1-2H3. The third kappa shape index (κ3) is 5.80. The molecule has 13 heteroatoms. The first-order valence-electron chi connectivity index (χ1n) is 9.43. The lowest BCUT2D eigenvalue weighted by Crippen LogP contribution is -2.19. The van der Waals surface area contributed by atoms with Crippen LogP contribution in [0.5, 0.6) is 0 Å². The number of carbonyl (C=O) groups excluding carboxylic acids is 1. The number of nitrogens with zero attached hydrogens (tertiary/aromatic N) is 6. The van der Waals surface area contributed by atoms with Gasteiger partial charge in [-0.25, -0.2) is 14.8 Å². The number of halogens is 3. The summed E-state index contributed by atoms with van der Waals surface area (Å²) in [5, 5.41) is 17.7. The highest BCUT2D eigenvalue weighted by atomic mass is 19.4. The van der Waals surface area contributed by atoms with E-state index in [9.17, 15) is 23.2 Å². The van der Waals surface area contributed by atoms with Crippen molar-refractivity contribution in [2.45, 2.75) is 19.3 Å². The minimum absolute atomic E-state index is 0.00626. The van der Waals surface area contributed by atoms with Crippen molar-refractivity contribution in [3.8, 4) is 28.7 Å². The first-order chi connectivity index (χ1) is 15.7. The first-order valence-corrected chi connectivity index (χ1v) is 9.43. The number of carbonyl (C=O) groups is 1. The number of alkyl halides is 3. The molecule has 2 aromatic heterocycles. The van der Waals surface area contributed by atoms with Crippen molar-refractivity contribution < 1.29 is 32.2 Å². The highest BCUT2D eigenvalue weighted by Gasteiger charge is 2.33. The summed E-state index contributed by atoms with van der Waals surface area (Å²) in [5.41, 5.74) is -0.367. The first kappa shape index (κ1) is 23.6. The second kappa shape index (κ2) is 10.0. The van der Waals surface area contributed by atoms with Crippen molar-refractivity contribution in [3.05, 3.63) is 47.9 Å². The van der Waals surface area contributed by atoms with Crippen LogP contribution >= 0.6 is 0 Å². The Bertz CT molecular complexity index is 1180. The average Bonchev–Trinajstić information content (AvgIpc) is 3.24. The summed E-state index contributed by atoms with van der Waals surface area (Å²) in [5.74, 6) is -0.145. The lowest BCUT2D eigenvalue weighted by molar-refractivity contribution is -0.141. The fourth-order valence-corrected chi connectivity index (χ4v) is 2.64. The third-order valence-corrected chi connectivity index (χ3v) is 4.17. The van der Waals surface area contributed by atoms with Crippen molar-refractivity contribution in [1.29, 1.82) is 5.26 Å². The molecule has 0 saturated heterocycles. The quantitative estimate of drug-likeness (QED) is 0.382. The van der Waals surface area contributed by atoms with Gasteiger partial charge in [-0.2, -0.15) is 18.4 Å². The fraction of sp³-hybridized carbons (Fsp3) is 0.300. The van der Waals surface area contributed by atoms with Crippen LogP contribution in [-0.4, -0.2) is 51.4 Å². The number of rotatable bonds is 7. The van der Waals surface area contributed by atoms with Crippen molar-refractivity contribution in [3.63, 3.8) is 0 Å². The summed E-state index contributed by atoms with van der Waals surface area (Å²) in [6, 6.07) is 8.82. The van der Waals surface area contributed by atoms with Crippen molar-refractivity contribution in [1.82, 2.24) is 25.0 Å². The molecule has 3 aromatic rings. The Labute approximate surface area is 185 Å². The second-order valence-electron chi connectivity index (χ2n) is 6.48. The van der Waals surface area contributed by atoms with E-state index in [1.165, 1.54) is 26.2 Å². The molecule has 0 bridgehead atoms. The topological polar surface area (TPSA) is 125 Å². The van der Waals surface area contributed by atoms with Gasteiger partial charge < -0.3 is 14.2 Å². The van der Waals surface area contributed by atoms with E-state index in [1.807, 2.05) is 6.07 Å². The Hall–Kier alpha value is -4.05. The summed E-state index contributed by atoms with van der Waals surface area (Å²) in [4.78, 5) is 20.2. The molecule has 0 spiro atoms. The van der Waals surface area contributed by atoms with Gasteiger partial charge in [0.05, 0.1) is 6.61 Å². The molecule has 1 atom stereocenters. The summed E-state index contributed by atoms with van der Waals surface area (Å²) in [7, 11) is 1.45. The van der Waals surface area contributed by atoms with E-state index >= 15 is 0 Å². The monoisotopic (exact) mass is 462 g/mol. The Balaban J connectivity index is 1.87. The van der Waals surface area contributed by atoms with Gasteiger partial charge in [-0.1, -0.05) is 18.2 Å². The van der Waals surface area contributed by atoms with Crippen LogP contribution in [0.15, 0.2) is 36.5 Å². The van der Waals surface area contributed by atoms with Gasteiger partial charge in [0.2, 0.25) is 6.23 Å². The molecule has 0 radical (unpaired) electrons. The molecule has 33 heavy (non-hydrogen) atoms. The molecule has 0 amide bonds. The van der Waals surface area contributed by atoms with E-state index in [4.69, 9.17) is 14.2 Å². The lowest BCUT2D eigenvalue weighted by atomic mass is 10.1. The van der Waals surface area contributed by atoms with Crippen molar-refractivity contribution in [2.24, 2.45) is 0 Å². The minimum Gasteiger partial charge on any atom is -0.432 e. The third-order valence-electron chi connectivity index (χ3n) is 4.17. The molecule has 0 N–H and O–H groups in total. The Kier molecular flexibility index (Phi) is 7.19. The SMILES string of the molecule is COCCOC(=O)OC(C)n1nc(C#N)c(-c2cccc(-c3nccc(C(F)(F)F)n3)c2)n1. The van der Waals surface area contributed by atoms with Gasteiger partial charge in [-0.05, 0) is 19.1 Å². The molecule has 2 heterocycles. The van der Waals surface area contributed by atoms with E-state index in [-0.39, 0.29) is 36.0 Å². The second-order valence-corrected chi connectivity index (χ2v) is 6.48. The number of aromatic nitrogens is 5. The zero-order valence-corrected chi connectivity index (χ0v) is 17.4. The summed E-state index contributed by atoms with van der Waals surface area (Å²) in [6.45, 7) is 1.65. The normalized spacial score (nSPS) is 12.1. The zero-order chi connectivity index (χ0) is 24.0. The van der Waals surface area contributed by atoms with E-state index in [0.29, 0.717) is 5.56 Å². The predicted octanol–water partition coefficient (Wildman–Crippen LogP) is 3.61. The molecule has 10 nitrogen and oxygen atoms in total. The number of benzene rings is 1. The van der Waals surface area contributed by atoms with Crippen molar-refractivity contribution >= 4 is 6.16 Å². The van der Waals surface area contributed by atoms with E-state index in [2.05, 4.69) is 20.2 Å². The van der Waals surface area contributed by atoms with Crippen LogP contribution in [0.3, 0.4) is 0 Å². The number of methoxy groups -OCH3 is 1. The zero-order valence-electron chi connectivity index (χ0n) is 17.4. The Morgan fingerprint density at radius 1 is 1.21 bits per heavy atom. The van der Waals surface area contributed by atoms with E-state index < -0.39 is 24.3 Å². The molecule has 1 aromatic carbocycles. The Morgan fingerprint density at radius 3 is 2.67 bits per heavy atom. The van der Waals surface area contributed by atoms with E-state index in [1.54, 1.807) is 12.1 Å². The van der Waals surface area contributed by atoms with Crippen LogP contribution in [0.25, 0.3) is 22.6 Å². The molecule has 0 aliphatic carbocycles. The largest absolute Gasteiger partial charge is 0.510 e. The number of ether oxygens (including phenoxy) is 3. The van der Waals surface area contributed by atoms with Gasteiger partial charge in [0.1, 0.15) is 24.1 Å². The molecular formula is C20H17F3N6O4. The van der Waals surface area contributed by atoms with Gasteiger partial charge in [0.25, 0.3) is 0 Å². The molecular weight excluding hydrogens is 445 g/mol. The van der Waals surface area contributed by atoms with Crippen LogP contribution in [0, 0.1) is 11.3 Å². The van der Waals surface area contributed by atoms with Crippen LogP contribution in [0.4, 0.5) is 18.0 Å². The molecule has 0 aliphatic rings. The molecule has 3 rings (SSSR count). The highest BCUT2D eigenvalue weighted by Crippen LogP contribution is 2.30. The molecule has 0 fully saturated rings. The minimum atomic E-state index is -4.62. The van der Waals surface area contributed by atoms with E-state index in [0.717, 1.165) is 17.1 Å². The van der Waals surface area contributed by atoms with Crippen molar-refractivity contribution in [2.75, 3.05) is 20.3 Å². The maximum atomic E-state index is 13.0. The van der Waals surface area contributed by atoms with Crippen LogP contribution in [0.2, 0.25) is 0 Å². The van der Waals surface area contributed by atoms with Gasteiger partial charge in [-0.15, -0.1) is 15.0 Å². The molecule has 0 aliphatic heterocycles. The van der Waals surface area contributed by atoms with Gasteiger partial charge in [0, 0.05) is 24.4 Å². The Morgan fingerprint density at radius 2 is 1.97 bits per heavy atom. The van der Waals surface area contributed by atoms with Crippen LogP contribution < -0.4 is 0 Å². The molecule has 0 saturated carbocycles. The fourth-order valence-electron chi connectivity index (χ4n) is 2.64. The number of hydrogen-bond donors (Lipinski definition) is 0. The van der Waals surface area contributed by atoms with Gasteiger partial charge >= 0.3 is 12.3 Å². The maximum absolute atomic E-state index is 13.0. The average molecular weight is 462 g/mol. The van der Waals surface area contributed by atoms with Gasteiger partial charge in [0.15, 0.2) is 11.5 Å². The summed E-state index contributed by atoms with van der Waals surface area (Å²) < 4.78 is 53.6.